The molecule has 0 aromatic carbocycles. The monoisotopic (exact) mass is 361 g/mol. The van der Waals surface area contributed by atoms with Crippen molar-refractivity contribution in [1.82, 2.24) is 0 Å². The van der Waals surface area contributed by atoms with Crippen molar-refractivity contribution in [1.29, 1.82) is 0 Å². The van der Waals surface area contributed by atoms with E-state index >= 15 is 0 Å². The molecule has 0 fully saturated rings. The van der Waals surface area contributed by atoms with Crippen LogP contribution in [0.15, 0.2) is 0 Å². The molecule has 0 aromatic heterocycles. The molecular formula is C6F14Na+. The average molecular weight is 361 g/mol. The summed E-state index contributed by atoms with van der Waals surface area (Å²) in [7, 11) is 0. The minimum Gasteiger partial charge on any atom is -0.192 e. The summed E-state index contributed by atoms with van der Waals surface area (Å²) in [4.78, 5) is 0. The molecule has 0 aromatic rings. The molecule has 0 aliphatic heterocycles. The molecule has 0 heterocycles. The van der Waals surface area contributed by atoms with Crippen LogP contribution in [0.3, 0.4) is 0 Å². The molecule has 122 valence electrons. The van der Waals surface area contributed by atoms with E-state index in [1.165, 1.54) is 0 Å². The van der Waals surface area contributed by atoms with Crippen molar-refractivity contribution in [3.05, 3.63) is 0 Å². The van der Waals surface area contributed by atoms with Gasteiger partial charge in [-0.2, -0.15) is 61.5 Å². The first kappa shape index (κ1) is 23.3. The average Bonchev–Trinajstić information content (AvgIpc) is 2.12. The van der Waals surface area contributed by atoms with Crippen LogP contribution >= 0.6 is 0 Å². The summed E-state index contributed by atoms with van der Waals surface area (Å²) >= 11 is 0. The van der Waals surface area contributed by atoms with E-state index in [0.717, 1.165) is 0 Å². The van der Waals surface area contributed by atoms with Gasteiger partial charge in [-0.1, -0.05) is 0 Å². The Hall–Kier alpha value is 0.0200. The Bertz CT molecular complexity index is 325. The van der Waals surface area contributed by atoms with Crippen molar-refractivity contribution in [3.8, 4) is 0 Å². The fourth-order valence-corrected chi connectivity index (χ4v) is 0.750. The van der Waals surface area contributed by atoms with E-state index in [9.17, 15) is 61.5 Å². The summed E-state index contributed by atoms with van der Waals surface area (Å²) in [6.45, 7) is 0. The molecule has 0 amide bonds. The molecule has 0 unspecified atom stereocenters. The second-order valence-corrected chi connectivity index (χ2v) is 3.29. The van der Waals surface area contributed by atoms with Crippen LogP contribution in [-0.4, -0.2) is 36.0 Å². The van der Waals surface area contributed by atoms with Gasteiger partial charge in [0, 0.05) is 0 Å². The fraction of sp³-hybridized carbons (Fsp3) is 1.00. The van der Waals surface area contributed by atoms with E-state index in [2.05, 4.69) is 0 Å². The minimum atomic E-state index is -8.04. The van der Waals surface area contributed by atoms with E-state index in [0.29, 0.717) is 0 Å². The van der Waals surface area contributed by atoms with Gasteiger partial charge in [0.15, 0.2) is 0 Å². The number of hydrogen-bond donors (Lipinski definition) is 0. The van der Waals surface area contributed by atoms with Crippen molar-refractivity contribution < 1.29 is 91.0 Å². The van der Waals surface area contributed by atoms with E-state index in [1.54, 1.807) is 0 Å². The zero-order valence-electron chi connectivity index (χ0n) is 9.29. The Morgan fingerprint density at radius 2 is 0.429 bits per heavy atom. The largest absolute Gasteiger partial charge is 1.00 e. The summed E-state index contributed by atoms with van der Waals surface area (Å²) < 4.78 is 166. The van der Waals surface area contributed by atoms with E-state index in [4.69, 9.17) is 0 Å². The number of halogens is 14. The molecule has 0 bridgehead atoms. The summed E-state index contributed by atoms with van der Waals surface area (Å²) in [5, 5.41) is 0. The van der Waals surface area contributed by atoms with E-state index in [-0.39, 0.29) is 29.6 Å². The van der Waals surface area contributed by atoms with E-state index < -0.39 is 36.0 Å². The normalized spacial score (nSPS) is 15.7. The van der Waals surface area contributed by atoms with Gasteiger partial charge in [0.25, 0.3) is 0 Å². The van der Waals surface area contributed by atoms with Gasteiger partial charge in [-0.25, -0.2) is 0 Å². The predicted octanol–water partition coefficient (Wildman–Crippen LogP) is 1.66. The number of rotatable bonds is 3. The van der Waals surface area contributed by atoms with Crippen LogP contribution < -0.4 is 29.6 Å². The molecule has 0 aliphatic rings. The molecule has 0 N–H and O–H groups in total. The first-order valence-electron chi connectivity index (χ1n) is 3.90. The number of hydrogen-bond acceptors (Lipinski definition) is 0. The molecule has 0 aliphatic carbocycles. The molecule has 0 saturated heterocycles. The third-order valence-electron chi connectivity index (χ3n) is 1.90. The van der Waals surface area contributed by atoms with Crippen molar-refractivity contribution in [2.75, 3.05) is 0 Å². The Balaban J connectivity index is 0. The third kappa shape index (κ3) is 3.21. The van der Waals surface area contributed by atoms with Crippen LogP contribution in [0.2, 0.25) is 0 Å². The predicted molar refractivity (Wildman–Crippen MR) is 31.9 cm³/mol. The summed E-state index contributed by atoms with van der Waals surface area (Å²) in [5.41, 5.74) is 0. The van der Waals surface area contributed by atoms with Crippen molar-refractivity contribution in [2.24, 2.45) is 0 Å². The summed E-state index contributed by atoms with van der Waals surface area (Å²) in [5.74, 6) is -31.7. The van der Waals surface area contributed by atoms with Gasteiger partial charge in [0.05, 0.1) is 0 Å². The zero-order valence-corrected chi connectivity index (χ0v) is 11.3. The number of alkyl halides is 14. The Morgan fingerprint density at radius 1 is 0.286 bits per heavy atom. The Labute approximate surface area is 127 Å². The third-order valence-corrected chi connectivity index (χ3v) is 1.90. The van der Waals surface area contributed by atoms with Crippen LogP contribution in [0.5, 0.6) is 0 Å². The van der Waals surface area contributed by atoms with Crippen LogP contribution in [-0.2, 0) is 0 Å². The van der Waals surface area contributed by atoms with Crippen LogP contribution in [0.25, 0.3) is 0 Å². The molecule has 21 heavy (non-hydrogen) atoms. The van der Waals surface area contributed by atoms with Gasteiger partial charge in [-0.3, -0.25) is 0 Å². The molecule has 0 nitrogen and oxygen atoms in total. The Kier molecular flexibility index (Phi) is 6.19. The first-order chi connectivity index (χ1) is 8.25. The molecule has 0 radical (unpaired) electrons. The minimum absolute atomic E-state index is 0. The molecule has 15 heteroatoms. The van der Waals surface area contributed by atoms with E-state index in [1.807, 2.05) is 0 Å². The second kappa shape index (κ2) is 5.58. The van der Waals surface area contributed by atoms with Crippen molar-refractivity contribution in [2.45, 2.75) is 36.0 Å². The van der Waals surface area contributed by atoms with Gasteiger partial charge in [-0.15, -0.1) is 0 Å². The maximum Gasteiger partial charge on any atom is 1.00 e. The zero-order chi connectivity index (χ0) is 17.0. The smallest absolute Gasteiger partial charge is 0.192 e. The molecule has 0 spiro atoms. The quantitative estimate of drug-likeness (QED) is 0.530. The summed E-state index contributed by atoms with van der Waals surface area (Å²) in [6, 6.07) is 0. The van der Waals surface area contributed by atoms with Crippen molar-refractivity contribution in [3.63, 3.8) is 0 Å². The van der Waals surface area contributed by atoms with Gasteiger partial charge in [0.1, 0.15) is 0 Å². The summed E-state index contributed by atoms with van der Waals surface area (Å²) in [6.07, 6.45) is -15.0. The maximum atomic E-state index is 12.3. The first-order valence-corrected chi connectivity index (χ1v) is 3.90. The van der Waals surface area contributed by atoms with Crippen molar-refractivity contribution >= 4 is 0 Å². The van der Waals surface area contributed by atoms with Crippen LogP contribution in [0, 0.1) is 0 Å². The van der Waals surface area contributed by atoms with Gasteiger partial charge in [-0.05, 0) is 0 Å². The molecule has 0 rings (SSSR count). The Morgan fingerprint density at radius 3 is 0.524 bits per heavy atom. The topological polar surface area (TPSA) is 0 Å². The van der Waals surface area contributed by atoms with Gasteiger partial charge < -0.3 is 0 Å². The standard InChI is InChI=1S/C6F14.Na/c7-1(8,3(11,12)5(15,16)17)2(9,10)4(13,14)6(18,19)20;/q;+1. The maximum absolute atomic E-state index is 12.3. The fourth-order valence-electron chi connectivity index (χ4n) is 0.750. The SMILES string of the molecule is FC(F)(F)C(F)(F)C(F)(F)C(F)(F)C(F)(F)C(F)(F)F.[Na+]. The molecular weight excluding hydrogens is 361 g/mol. The second-order valence-electron chi connectivity index (χ2n) is 3.29. The van der Waals surface area contributed by atoms with Crippen LogP contribution in [0.1, 0.15) is 0 Å². The molecule has 0 saturated carbocycles. The van der Waals surface area contributed by atoms with Crippen LogP contribution in [0.4, 0.5) is 61.5 Å². The molecule has 0 atom stereocenters. The van der Waals surface area contributed by atoms with Gasteiger partial charge in [0.2, 0.25) is 0 Å². The van der Waals surface area contributed by atoms with Gasteiger partial charge >= 0.3 is 65.6 Å².